The van der Waals surface area contributed by atoms with Crippen molar-refractivity contribution in [1.82, 2.24) is 0 Å². The first-order valence-electron chi connectivity index (χ1n) is 4.14. The minimum atomic E-state index is 0. The molecule has 16 heavy (non-hydrogen) atoms. The first kappa shape index (κ1) is 19.3. The number of rotatable bonds is 1. The summed E-state index contributed by atoms with van der Waals surface area (Å²) in [7, 11) is 0. The van der Waals surface area contributed by atoms with Crippen LogP contribution >= 0.6 is 53.2 Å². The van der Waals surface area contributed by atoms with Gasteiger partial charge in [-0.2, -0.15) is 0 Å². The quantitative estimate of drug-likeness (QED) is 0.604. The summed E-state index contributed by atoms with van der Waals surface area (Å²) in [5.41, 5.74) is 2.69. The molecule has 0 N–H and O–H groups in total. The van der Waals surface area contributed by atoms with Gasteiger partial charge in [0.05, 0.1) is 0 Å². The van der Waals surface area contributed by atoms with Crippen molar-refractivity contribution < 1.29 is 24.7 Å². The van der Waals surface area contributed by atoms with Gasteiger partial charge < -0.3 is 0 Å². The van der Waals surface area contributed by atoms with Crippen LogP contribution in [0.5, 0.6) is 0 Å². The number of hydrogen-bond donors (Lipinski definition) is 0. The summed E-state index contributed by atoms with van der Waals surface area (Å²) in [6.45, 7) is 0. The fourth-order valence-electron chi connectivity index (χ4n) is 1.37. The Kier molecular flexibility index (Phi) is 10.8. The molecule has 1 aliphatic carbocycles. The third-order valence-corrected chi connectivity index (χ3v) is 3.43. The third-order valence-electron chi connectivity index (χ3n) is 2.05. The van der Waals surface area contributed by atoms with Gasteiger partial charge in [-0.3, -0.25) is 0 Å². The molecule has 87 valence electrons. The van der Waals surface area contributed by atoms with E-state index in [0.29, 0.717) is 0 Å². The predicted molar refractivity (Wildman–Crippen MR) is 76.6 cm³/mol. The van der Waals surface area contributed by atoms with Gasteiger partial charge in [0.25, 0.3) is 0 Å². The normalized spacial score (nSPS) is 12.5. The largest absolute Gasteiger partial charge is 0.147 e. The van der Waals surface area contributed by atoms with Gasteiger partial charge in [0.2, 0.25) is 0 Å². The minimum Gasteiger partial charge on any atom is -0.147 e. The maximum atomic E-state index is 3.44. The molecule has 2 rings (SSSR count). The van der Waals surface area contributed by atoms with Crippen molar-refractivity contribution in [2.45, 2.75) is 6.42 Å². The molecule has 0 spiro atoms. The first-order chi connectivity index (χ1) is 6.25. The van der Waals surface area contributed by atoms with Gasteiger partial charge >= 0.3 is 102 Å². The van der Waals surface area contributed by atoms with E-state index in [9.17, 15) is 0 Å². The van der Waals surface area contributed by atoms with Crippen LogP contribution in [0, 0.1) is 0 Å². The molecule has 0 aliphatic heterocycles. The van der Waals surface area contributed by atoms with E-state index in [1.165, 1.54) is 39.1 Å². The van der Waals surface area contributed by atoms with Crippen LogP contribution in [0.2, 0.25) is 0 Å². The van der Waals surface area contributed by atoms with Gasteiger partial charge in [-0.05, 0) is 0 Å². The predicted octanol–water partition coefficient (Wildman–Crippen LogP) is 4.93. The van der Waals surface area contributed by atoms with Gasteiger partial charge in [0, 0.05) is 0 Å². The van der Waals surface area contributed by atoms with Gasteiger partial charge in [0.1, 0.15) is 0 Å². The second-order valence-electron chi connectivity index (χ2n) is 3.04. The Balaban J connectivity index is 0. The zero-order valence-corrected chi connectivity index (χ0v) is 14.8. The average molecular weight is 421 g/mol. The van der Waals surface area contributed by atoms with Gasteiger partial charge in [-0.1, -0.05) is 0 Å². The second-order valence-corrected chi connectivity index (χ2v) is 5.53. The summed E-state index contributed by atoms with van der Waals surface area (Å²) in [4.78, 5) is 0. The average Bonchev–Trinajstić information content (AvgIpc) is 2.53. The van der Waals surface area contributed by atoms with E-state index in [1.807, 2.05) is 0 Å². The summed E-state index contributed by atoms with van der Waals surface area (Å²) in [5, 5.41) is 0. The van der Waals surface area contributed by atoms with Gasteiger partial charge in [0.15, 0.2) is 0 Å². The molecule has 0 nitrogen and oxygen atoms in total. The summed E-state index contributed by atoms with van der Waals surface area (Å²) in [5.74, 6) is 0. The molecule has 0 saturated heterocycles. The molecule has 0 fully saturated rings. The van der Waals surface area contributed by atoms with E-state index >= 15 is 0 Å². The summed E-state index contributed by atoms with van der Waals surface area (Å²) in [6.07, 6.45) is 5.73. The number of hydrogen-bond acceptors (Lipinski definition) is 0. The molecule has 0 amide bonds. The molecule has 1 aromatic carbocycles. The monoisotopic (exact) mass is 417 g/mol. The van der Waals surface area contributed by atoms with E-state index in [1.54, 1.807) is 0 Å². The van der Waals surface area contributed by atoms with Crippen LogP contribution in [-0.4, -0.2) is 0 Å². The molecular weight excluding hydrogens is 410 g/mol. The molecular formula is C11H11BrCl3Zr. The molecule has 0 bridgehead atoms. The smallest absolute Gasteiger partial charge is 0.147 e. The van der Waals surface area contributed by atoms with Crippen molar-refractivity contribution in [2.75, 3.05) is 0 Å². The second kappa shape index (κ2) is 8.94. The number of allylic oxidation sites excluding steroid dienone is 4. The van der Waals surface area contributed by atoms with Crippen LogP contribution in [0.1, 0.15) is 12.0 Å². The van der Waals surface area contributed by atoms with Crippen molar-refractivity contribution >= 4 is 58.7 Å². The van der Waals surface area contributed by atoms with E-state index < -0.39 is 0 Å². The number of halogens is 4. The summed E-state index contributed by atoms with van der Waals surface area (Å²) in [6, 6.07) is 8.48. The zero-order valence-electron chi connectivity index (χ0n) is 8.27. The molecule has 1 aliphatic rings. The van der Waals surface area contributed by atoms with Gasteiger partial charge in [-0.25, -0.2) is 0 Å². The molecule has 1 aromatic rings. The van der Waals surface area contributed by atoms with Crippen molar-refractivity contribution in [3.8, 4) is 0 Å². The van der Waals surface area contributed by atoms with Crippen LogP contribution < -0.4 is 0 Å². The Morgan fingerprint density at radius 3 is 2.00 bits per heavy atom. The summed E-state index contributed by atoms with van der Waals surface area (Å²) >= 11 is 4.97. The Labute approximate surface area is 138 Å². The standard InChI is InChI=1S/C11H8Br.3ClH.Zr/c12-11-7-5-10(6-8-11)9-3-1-2-4-9;;;;/h3-8H,1H2;3*1H;. The van der Waals surface area contributed by atoms with Crippen molar-refractivity contribution in [1.29, 1.82) is 0 Å². The molecule has 0 atom stereocenters. The van der Waals surface area contributed by atoms with Crippen LogP contribution in [0.15, 0.2) is 44.2 Å². The molecule has 0 saturated carbocycles. The Bertz CT molecular complexity index is 385. The van der Waals surface area contributed by atoms with E-state index in [-0.39, 0.29) is 37.2 Å². The molecule has 0 unspecified atom stereocenters. The molecule has 0 aromatic heterocycles. The Hall–Kier alpha value is 0.933. The van der Waals surface area contributed by atoms with Crippen LogP contribution in [0.4, 0.5) is 0 Å². The molecule has 5 heteroatoms. The fourth-order valence-corrected chi connectivity index (χ4v) is 2.27. The van der Waals surface area contributed by atoms with E-state index in [4.69, 9.17) is 0 Å². The van der Waals surface area contributed by atoms with Crippen LogP contribution in [-0.2, 0) is 24.7 Å². The van der Waals surface area contributed by atoms with Crippen LogP contribution in [0.3, 0.4) is 0 Å². The summed E-state index contributed by atoms with van der Waals surface area (Å²) < 4.78 is 2.67. The number of benzene rings is 1. The maximum absolute atomic E-state index is 3.44. The van der Waals surface area contributed by atoms with Crippen LogP contribution in [0.25, 0.3) is 5.57 Å². The third kappa shape index (κ3) is 5.06. The first-order valence-corrected chi connectivity index (χ1v) is 6.16. The van der Waals surface area contributed by atoms with Gasteiger partial charge in [-0.15, -0.1) is 37.2 Å². The molecule has 0 heterocycles. The molecule has 0 radical (unpaired) electrons. The van der Waals surface area contributed by atoms with E-state index in [0.717, 1.165) is 10.9 Å². The zero-order chi connectivity index (χ0) is 9.26. The van der Waals surface area contributed by atoms with Crippen molar-refractivity contribution in [3.63, 3.8) is 0 Å². The maximum Gasteiger partial charge on any atom is -0.147 e. The van der Waals surface area contributed by atoms with Crippen molar-refractivity contribution in [3.05, 3.63) is 49.7 Å². The topological polar surface area (TPSA) is 0 Å². The Morgan fingerprint density at radius 1 is 1.00 bits per heavy atom. The minimum absolute atomic E-state index is 0. The SMILES string of the molecule is Brc1ccc(C2=CC[C]([Zr])=C2)cc1.Cl.Cl.Cl. The van der Waals surface area contributed by atoms with E-state index in [2.05, 4.69) is 52.3 Å². The van der Waals surface area contributed by atoms with Crippen molar-refractivity contribution in [2.24, 2.45) is 0 Å². The Morgan fingerprint density at radius 2 is 1.56 bits per heavy atom. The fraction of sp³-hybridized carbons (Fsp3) is 0.0909.